The molecule has 1 heterocycles. The summed E-state index contributed by atoms with van der Waals surface area (Å²) in [6, 6.07) is 19.8. The molecule has 1 fully saturated rings. The van der Waals surface area contributed by atoms with E-state index >= 15 is 0 Å². The smallest absolute Gasteiger partial charge is 0.251 e. The van der Waals surface area contributed by atoms with E-state index in [0.717, 1.165) is 42.4 Å². The van der Waals surface area contributed by atoms with Crippen LogP contribution in [0.4, 0.5) is 0 Å². The van der Waals surface area contributed by atoms with Crippen LogP contribution in [-0.2, 0) is 6.54 Å². The number of hydrogen-bond acceptors (Lipinski definition) is 4. The fourth-order valence-corrected chi connectivity index (χ4v) is 4.84. The maximum absolute atomic E-state index is 12.7. The SMILES string of the molecule is NCC1CN(Cc2cc(Cl)cc(Cl)c2)CCC(CNC(=O)c2ccc3ccccc3c2)N1. The van der Waals surface area contributed by atoms with Crippen molar-refractivity contribution >= 4 is 39.9 Å². The average Bonchev–Trinajstić information content (AvgIpc) is 2.98. The van der Waals surface area contributed by atoms with Crippen molar-refractivity contribution in [2.45, 2.75) is 25.0 Å². The number of rotatable bonds is 6. The van der Waals surface area contributed by atoms with E-state index in [1.807, 2.05) is 54.6 Å². The van der Waals surface area contributed by atoms with Gasteiger partial charge in [-0.05, 0) is 53.1 Å². The van der Waals surface area contributed by atoms with Crippen molar-refractivity contribution < 1.29 is 4.79 Å². The van der Waals surface area contributed by atoms with Gasteiger partial charge in [-0.3, -0.25) is 9.69 Å². The van der Waals surface area contributed by atoms with Crippen LogP contribution in [0, 0.1) is 0 Å². The molecular weight excluding hydrogens is 443 g/mol. The van der Waals surface area contributed by atoms with Gasteiger partial charge in [-0.2, -0.15) is 0 Å². The van der Waals surface area contributed by atoms with Crippen LogP contribution < -0.4 is 16.4 Å². The van der Waals surface area contributed by atoms with Gasteiger partial charge in [-0.15, -0.1) is 0 Å². The van der Waals surface area contributed by atoms with Crippen LogP contribution in [0.3, 0.4) is 0 Å². The van der Waals surface area contributed by atoms with Crippen LogP contribution in [0.2, 0.25) is 10.0 Å². The van der Waals surface area contributed by atoms with Crippen LogP contribution in [0.5, 0.6) is 0 Å². The lowest BCUT2D eigenvalue weighted by molar-refractivity contribution is 0.0949. The third kappa shape index (κ3) is 6.00. The first-order valence-corrected chi connectivity index (χ1v) is 11.7. The zero-order valence-electron chi connectivity index (χ0n) is 17.9. The number of hydrogen-bond donors (Lipinski definition) is 3. The number of amides is 1. The van der Waals surface area contributed by atoms with Crippen LogP contribution in [0.15, 0.2) is 60.7 Å². The summed E-state index contributed by atoms with van der Waals surface area (Å²) < 4.78 is 0. The fourth-order valence-electron chi connectivity index (χ4n) is 4.27. The molecule has 1 amide bonds. The Morgan fingerprint density at radius 3 is 2.53 bits per heavy atom. The van der Waals surface area contributed by atoms with Crippen LogP contribution in [-0.4, -0.2) is 49.1 Å². The molecule has 1 aliphatic rings. The number of halogens is 2. The molecule has 3 aromatic carbocycles. The predicted octanol–water partition coefficient (Wildman–Crippen LogP) is 4.07. The first kappa shape index (κ1) is 23.0. The van der Waals surface area contributed by atoms with Crippen molar-refractivity contribution in [3.05, 3.63) is 81.8 Å². The lowest BCUT2D eigenvalue weighted by Crippen LogP contribution is -2.49. The maximum atomic E-state index is 12.7. The molecule has 2 atom stereocenters. The molecule has 3 aromatic rings. The molecule has 7 heteroatoms. The summed E-state index contributed by atoms with van der Waals surface area (Å²) in [4.78, 5) is 15.1. The molecule has 4 N–H and O–H groups in total. The Labute approximate surface area is 198 Å². The van der Waals surface area contributed by atoms with Crippen LogP contribution in [0.1, 0.15) is 22.3 Å². The minimum atomic E-state index is -0.0588. The third-order valence-corrected chi connectivity index (χ3v) is 6.31. The van der Waals surface area contributed by atoms with Gasteiger partial charge in [0.05, 0.1) is 0 Å². The monoisotopic (exact) mass is 470 g/mol. The Hall–Kier alpha value is -2.15. The van der Waals surface area contributed by atoms with Gasteiger partial charge in [0.1, 0.15) is 0 Å². The molecular formula is C25H28Cl2N4O. The van der Waals surface area contributed by atoms with Crippen molar-refractivity contribution in [1.82, 2.24) is 15.5 Å². The van der Waals surface area contributed by atoms with Crippen LogP contribution in [0.25, 0.3) is 10.8 Å². The molecule has 5 nitrogen and oxygen atoms in total. The third-order valence-electron chi connectivity index (χ3n) is 5.88. The molecule has 1 aliphatic heterocycles. The molecule has 0 radical (unpaired) electrons. The fraction of sp³-hybridized carbons (Fsp3) is 0.320. The molecule has 0 bridgehead atoms. The Balaban J connectivity index is 1.36. The molecule has 4 rings (SSSR count). The highest BCUT2D eigenvalue weighted by Crippen LogP contribution is 2.21. The van der Waals surface area contributed by atoms with Gasteiger partial charge in [0.2, 0.25) is 0 Å². The summed E-state index contributed by atoms with van der Waals surface area (Å²) >= 11 is 12.3. The van der Waals surface area contributed by atoms with Crippen molar-refractivity contribution in [3.8, 4) is 0 Å². The van der Waals surface area contributed by atoms with Gasteiger partial charge in [-0.1, -0.05) is 53.5 Å². The van der Waals surface area contributed by atoms with E-state index < -0.39 is 0 Å². The summed E-state index contributed by atoms with van der Waals surface area (Å²) in [5.41, 5.74) is 7.78. The molecule has 0 saturated carbocycles. The van der Waals surface area contributed by atoms with Crippen molar-refractivity contribution in [2.75, 3.05) is 26.2 Å². The molecule has 168 valence electrons. The molecule has 0 aromatic heterocycles. The summed E-state index contributed by atoms with van der Waals surface area (Å²) in [6.45, 7) is 3.56. The lowest BCUT2D eigenvalue weighted by atomic mass is 10.1. The highest BCUT2D eigenvalue weighted by molar-refractivity contribution is 6.34. The molecule has 0 spiro atoms. The van der Waals surface area contributed by atoms with Gasteiger partial charge in [0, 0.05) is 60.4 Å². The lowest BCUT2D eigenvalue weighted by Gasteiger charge is -2.24. The zero-order valence-corrected chi connectivity index (χ0v) is 19.4. The standard InChI is InChI=1S/C25H28Cl2N4O/c26-21-9-17(10-22(27)12-21)15-31-8-7-23(30-24(13-28)16-31)14-29-25(32)20-6-5-18-3-1-2-4-19(18)11-20/h1-6,9-12,23-24,30H,7-8,13-16,28H2,(H,29,32). The van der Waals surface area contributed by atoms with E-state index in [-0.39, 0.29) is 18.0 Å². The molecule has 0 aliphatic carbocycles. The number of fused-ring (bicyclic) bond motifs is 1. The van der Waals surface area contributed by atoms with Gasteiger partial charge in [0.25, 0.3) is 5.91 Å². The number of benzene rings is 3. The minimum absolute atomic E-state index is 0.0588. The van der Waals surface area contributed by atoms with Crippen molar-refractivity contribution in [1.29, 1.82) is 0 Å². The summed E-state index contributed by atoms with van der Waals surface area (Å²) in [7, 11) is 0. The molecule has 2 unspecified atom stereocenters. The summed E-state index contributed by atoms with van der Waals surface area (Å²) in [5.74, 6) is -0.0588. The average molecular weight is 471 g/mol. The quantitative estimate of drug-likeness (QED) is 0.507. The zero-order chi connectivity index (χ0) is 22.5. The predicted molar refractivity (Wildman–Crippen MR) is 132 cm³/mol. The van der Waals surface area contributed by atoms with E-state index in [2.05, 4.69) is 15.5 Å². The van der Waals surface area contributed by atoms with E-state index in [9.17, 15) is 4.79 Å². The van der Waals surface area contributed by atoms with Gasteiger partial charge in [0.15, 0.2) is 0 Å². The number of carbonyl (C=O) groups is 1. The second-order valence-corrected chi connectivity index (χ2v) is 9.24. The second kappa shape index (κ2) is 10.6. The van der Waals surface area contributed by atoms with Crippen molar-refractivity contribution in [3.63, 3.8) is 0 Å². The topological polar surface area (TPSA) is 70.4 Å². The minimum Gasteiger partial charge on any atom is -0.350 e. The number of carbonyl (C=O) groups excluding carboxylic acids is 1. The van der Waals surface area contributed by atoms with E-state index in [1.54, 1.807) is 6.07 Å². The highest BCUT2D eigenvalue weighted by atomic mass is 35.5. The van der Waals surface area contributed by atoms with E-state index in [1.165, 1.54) is 0 Å². The first-order chi connectivity index (χ1) is 15.5. The number of nitrogens with one attached hydrogen (secondary N) is 2. The van der Waals surface area contributed by atoms with E-state index in [4.69, 9.17) is 28.9 Å². The maximum Gasteiger partial charge on any atom is 0.251 e. The Kier molecular flexibility index (Phi) is 7.66. The Morgan fingerprint density at radius 1 is 1.03 bits per heavy atom. The Morgan fingerprint density at radius 2 is 1.78 bits per heavy atom. The molecule has 32 heavy (non-hydrogen) atoms. The number of nitrogens with two attached hydrogens (primary N) is 1. The number of nitrogens with zero attached hydrogens (tertiary/aromatic N) is 1. The van der Waals surface area contributed by atoms with Crippen molar-refractivity contribution in [2.24, 2.45) is 5.73 Å². The Bertz CT molecular complexity index is 1070. The van der Waals surface area contributed by atoms with Gasteiger partial charge in [-0.25, -0.2) is 0 Å². The van der Waals surface area contributed by atoms with Crippen LogP contribution >= 0.6 is 23.2 Å². The summed E-state index contributed by atoms with van der Waals surface area (Å²) in [6.07, 6.45) is 0.906. The van der Waals surface area contributed by atoms with E-state index in [0.29, 0.717) is 28.7 Å². The summed E-state index contributed by atoms with van der Waals surface area (Å²) in [5, 5.41) is 10.2. The largest absolute Gasteiger partial charge is 0.350 e. The highest BCUT2D eigenvalue weighted by Gasteiger charge is 2.23. The molecule has 1 saturated heterocycles. The normalized spacial score (nSPS) is 19.6. The second-order valence-electron chi connectivity index (χ2n) is 8.37. The van der Waals surface area contributed by atoms with Gasteiger partial charge >= 0.3 is 0 Å². The van der Waals surface area contributed by atoms with Gasteiger partial charge < -0.3 is 16.4 Å². The first-order valence-electron chi connectivity index (χ1n) is 10.9.